The Hall–Kier alpha value is -0.980. The molecular weight excluding hydrogens is 312 g/mol. The summed E-state index contributed by atoms with van der Waals surface area (Å²) in [5.41, 5.74) is 1.06. The Morgan fingerprint density at radius 1 is 1.42 bits per heavy atom. The summed E-state index contributed by atoms with van der Waals surface area (Å²) in [7, 11) is 1.62. The molecule has 0 aliphatic carbocycles. The number of nitrogens with one attached hydrogen (secondary N) is 1. The van der Waals surface area contributed by atoms with Crippen LogP contribution in [0.25, 0.3) is 0 Å². The fourth-order valence-electron chi connectivity index (χ4n) is 1.31. The van der Waals surface area contributed by atoms with E-state index in [1.54, 1.807) is 19.4 Å². The molecule has 0 spiro atoms. The van der Waals surface area contributed by atoms with Gasteiger partial charge in [-0.1, -0.05) is 22.0 Å². The summed E-state index contributed by atoms with van der Waals surface area (Å²) in [6.45, 7) is 3.56. The predicted octanol–water partition coefficient (Wildman–Crippen LogP) is 2.15. The number of carbonyl (C=O) groups excluding carboxylic acids is 1. The molecule has 1 aromatic rings. The van der Waals surface area contributed by atoms with E-state index < -0.39 is 0 Å². The molecule has 19 heavy (non-hydrogen) atoms. The van der Waals surface area contributed by atoms with E-state index in [1.807, 2.05) is 13.0 Å². The minimum absolute atomic E-state index is 0.119. The van der Waals surface area contributed by atoms with E-state index in [4.69, 9.17) is 9.47 Å². The molecule has 0 bridgehead atoms. The SMILES string of the molecule is COCCOCCC(Br)C(=O)Nc1ccc(C)cn1. The molecule has 1 atom stereocenters. The smallest absolute Gasteiger partial charge is 0.239 e. The molecule has 1 amide bonds. The average molecular weight is 331 g/mol. The Morgan fingerprint density at radius 3 is 2.84 bits per heavy atom. The lowest BCUT2D eigenvalue weighted by Gasteiger charge is -2.10. The fourth-order valence-corrected chi connectivity index (χ4v) is 1.61. The number of amides is 1. The fraction of sp³-hybridized carbons (Fsp3) is 0.538. The largest absolute Gasteiger partial charge is 0.382 e. The normalized spacial score (nSPS) is 12.2. The molecule has 5 nitrogen and oxygen atoms in total. The lowest BCUT2D eigenvalue weighted by Crippen LogP contribution is -2.24. The molecule has 0 aromatic carbocycles. The van der Waals surface area contributed by atoms with Gasteiger partial charge in [-0.3, -0.25) is 4.79 Å². The molecule has 0 aliphatic rings. The van der Waals surface area contributed by atoms with Gasteiger partial charge in [0.25, 0.3) is 0 Å². The summed E-state index contributed by atoms with van der Waals surface area (Å²) in [6.07, 6.45) is 2.31. The van der Waals surface area contributed by atoms with E-state index in [-0.39, 0.29) is 10.7 Å². The minimum atomic E-state index is -0.293. The standard InChI is InChI=1S/C13H19BrN2O3/c1-10-3-4-12(15-9-10)16-13(17)11(14)5-6-19-8-7-18-2/h3-4,9,11H,5-8H2,1-2H3,(H,15,16,17). The monoisotopic (exact) mass is 330 g/mol. The van der Waals surface area contributed by atoms with Crippen LogP contribution in [-0.2, 0) is 14.3 Å². The van der Waals surface area contributed by atoms with Crippen LogP contribution in [0.3, 0.4) is 0 Å². The number of rotatable bonds is 8. The van der Waals surface area contributed by atoms with Crippen molar-refractivity contribution in [1.29, 1.82) is 0 Å². The number of halogens is 1. The number of aryl methyl sites for hydroxylation is 1. The highest BCUT2D eigenvalue weighted by Gasteiger charge is 2.15. The molecule has 1 heterocycles. The zero-order valence-electron chi connectivity index (χ0n) is 11.2. The topological polar surface area (TPSA) is 60.5 Å². The zero-order chi connectivity index (χ0) is 14.1. The highest BCUT2D eigenvalue weighted by atomic mass is 79.9. The van der Waals surface area contributed by atoms with Gasteiger partial charge in [-0.15, -0.1) is 0 Å². The van der Waals surface area contributed by atoms with E-state index in [1.165, 1.54) is 0 Å². The third kappa shape index (κ3) is 6.66. The van der Waals surface area contributed by atoms with Gasteiger partial charge in [0, 0.05) is 19.9 Å². The van der Waals surface area contributed by atoms with Crippen LogP contribution in [0.2, 0.25) is 0 Å². The van der Waals surface area contributed by atoms with Crippen LogP contribution in [-0.4, -0.2) is 42.6 Å². The number of anilines is 1. The third-order valence-corrected chi connectivity index (χ3v) is 3.27. The highest BCUT2D eigenvalue weighted by Crippen LogP contribution is 2.10. The summed E-state index contributed by atoms with van der Waals surface area (Å²) in [5, 5.41) is 2.74. The Labute approximate surface area is 121 Å². The molecule has 6 heteroatoms. The first-order chi connectivity index (χ1) is 9.13. The molecule has 106 valence electrons. The van der Waals surface area contributed by atoms with Gasteiger partial charge in [-0.2, -0.15) is 0 Å². The van der Waals surface area contributed by atoms with Crippen molar-refractivity contribution in [2.24, 2.45) is 0 Å². The Bertz CT molecular complexity index is 384. The maximum atomic E-state index is 11.8. The van der Waals surface area contributed by atoms with Gasteiger partial charge in [-0.05, 0) is 25.0 Å². The second kappa shape index (κ2) is 9.01. The molecule has 1 N–H and O–H groups in total. The first-order valence-corrected chi connectivity index (χ1v) is 6.99. The maximum absolute atomic E-state index is 11.8. The highest BCUT2D eigenvalue weighted by molar-refractivity contribution is 9.10. The number of aromatic nitrogens is 1. The number of alkyl halides is 1. The molecule has 0 saturated carbocycles. The number of carbonyl (C=O) groups is 1. The number of hydrogen-bond donors (Lipinski definition) is 1. The molecule has 0 aliphatic heterocycles. The summed E-state index contributed by atoms with van der Waals surface area (Å²) >= 11 is 3.33. The second-order valence-electron chi connectivity index (χ2n) is 4.07. The van der Waals surface area contributed by atoms with Crippen LogP contribution in [0.1, 0.15) is 12.0 Å². The second-order valence-corrected chi connectivity index (χ2v) is 5.18. The molecule has 1 rings (SSSR count). The molecule has 1 aromatic heterocycles. The van der Waals surface area contributed by atoms with Crippen molar-refractivity contribution in [1.82, 2.24) is 4.98 Å². The minimum Gasteiger partial charge on any atom is -0.382 e. The van der Waals surface area contributed by atoms with Gasteiger partial charge < -0.3 is 14.8 Å². The van der Waals surface area contributed by atoms with Crippen LogP contribution < -0.4 is 5.32 Å². The molecular formula is C13H19BrN2O3. The van der Waals surface area contributed by atoms with Crippen molar-refractivity contribution in [2.45, 2.75) is 18.2 Å². The summed E-state index contributed by atoms with van der Waals surface area (Å²) in [5.74, 6) is 0.437. The molecule has 0 radical (unpaired) electrons. The van der Waals surface area contributed by atoms with Crippen molar-refractivity contribution in [3.05, 3.63) is 23.9 Å². The number of hydrogen-bond acceptors (Lipinski definition) is 4. The predicted molar refractivity (Wildman–Crippen MR) is 77.6 cm³/mol. The van der Waals surface area contributed by atoms with E-state index in [2.05, 4.69) is 26.2 Å². The molecule has 0 saturated heterocycles. The van der Waals surface area contributed by atoms with Crippen molar-refractivity contribution in [3.63, 3.8) is 0 Å². The average Bonchev–Trinajstić information content (AvgIpc) is 2.41. The van der Waals surface area contributed by atoms with E-state index >= 15 is 0 Å². The van der Waals surface area contributed by atoms with Crippen LogP contribution in [0, 0.1) is 6.92 Å². The summed E-state index contributed by atoms with van der Waals surface area (Å²) in [4.78, 5) is 15.7. The lowest BCUT2D eigenvalue weighted by atomic mass is 10.3. The van der Waals surface area contributed by atoms with Gasteiger partial charge >= 0.3 is 0 Å². The number of ether oxygens (including phenoxy) is 2. The van der Waals surface area contributed by atoms with Crippen molar-refractivity contribution < 1.29 is 14.3 Å². The number of nitrogens with zero attached hydrogens (tertiary/aromatic N) is 1. The Balaban J connectivity index is 2.26. The van der Waals surface area contributed by atoms with E-state index in [0.717, 1.165) is 5.56 Å². The molecule has 0 fully saturated rings. The Kier molecular flexibility index (Phi) is 7.62. The summed E-state index contributed by atoms with van der Waals surface area (Å²) in [6, 6.07) is 3.68. The van der Waals surface area contributed by atoms with Gasteiger partial charge in [-0.25, -0.2) is 4.98 Å². The quantitative estimate of drug-likeness (QED) is 0.586. The van der Waals surface area contributed by atoms with Gasteiger partial charge in [0.05, 0.1) is 18.0 Å². The van der Waals surface area contributed by atoms with E-state index in [9.17, 15) is 4.79 Å². The van der Waals surface area contributed by atoms with Gasteiger partial charge in [0.2, 0.25) is 5.91 Å². The third-order valence-electron chi connectivity index (χ3n) is 2.39. The zero-order valence-corrected chi connectivity index (χ0v) is 12.8. The van der Waals surface area contributed by atoms with Crippen LogP contribution in [0.4, 0.5) is 5.82 Å². The van der Waals surface area contributed by atoms with Gasteiger partial charge in [0.1, 0.15) is 5.82 Å². The first kappa shape index (κ1) is 16.1. The number of methoxy groups -OCH3 is 1. The van der Waals surface area contributed by atoms with Crippen LogP contribution in [0.5, 0.6) is 0 Å². The van der Waals surface area contributed by atoms with Crippen LogP contribution in [0.15, 0.2) is 18.3 Å². The number of pyridine rings is 1. The van der Waals surface area contributed by atoms with E-state index in [0.29, 0.717) is 32.1 Å². The van der Waals surface area contributed by atoms with Crippen LogP contribution >= 0.6 is 15.9 Å². The summed E-state index contributed by atoms with van der Waals surface area (Å²) < 4.78 is 10.2. The molecule has 1 unspecified atom stereocenters. The van der Waals surface area contributed by atoms with Crippen molar-refractivity contribution in [2.75, 3.05) is 32.2 Å². The van der Waals surface area contributed by atoms with Crippen molar-refractivity contribution in [3.8, 4) is 0 Å². The maximum Gasteiger partial charge on any atom is 0.239 e. The first-order valence-electron chi connectivity index (χ1n) is 6.07. The van der Waals surface area contributed by atoms with Gasteiger partial charge in [0.15, 0.2) is 0 Å². The van der Waals surface area contributed by atoms with Crippen molar-refractivity contribution >= 4 is 27.7 Å². The Morgan fingerprint density at radius 2 is 2.21 bits per heavy atom. The lowest BCUT2D eigenvalue weighted by molar-refractivity contribution is -0.115.